The van der Waals surface area contributed by atoms with E-state index in [1.807, 2.05) is 6.92 Å². The highest BCUT2D eigenvalue weighted by molar-refractivity contribution is 5.98. The van der Waals surface area contributed by atoms with Crippen LogP contribution in [0.3, 0.4) is 0 Å². The lowest BCUT2D eigenvalue weighted by Gasteiger charge is -2.44. The minimum Gasteiger partial charge on any atom is -0.369 e. The summed E-state index contributed by atoms with van der Waals surface area (Å²) >= 11 is 0. The summed E-state index contributed by atoms with van der Waals surface area (Å²) in [6.45, 7) is 7.22. The van der Waals surface area contributed by atoms with Crippen molar-refractivity contribution in [2.75, 3.05) is 32.0 Å². The molecule has 1 aromatic heterocycles. The van der Waals surface area contributed by atoms with Gasteiger partial charge in [0, 0.05) is 26.7 Å². The molecule has 0 saturated carbocycles. The lowest BCUT2D eigenvalue weighted by Crippen LogP contribution is -2.63. The second-order valence-corrected chi connectivity index (χ2v) is 5.56. The third-order valence-corrected chi connectivity index (χ3v) is 3.68. The number of piperazine rings is 1. The normalized spacial score (nSPS) is 17.8. The monoisotopic (exact) mass is 291 g/mol. The Hall–Kier alpha value is -2.18. The van der Waals surface area contributed by atoms with E-state index >= 15 is 0 Å². The summed E-state index contributed by atoms with van der Waals surface area (Å²) in [7, 11) is 1.75. The van der Waals surface area contributed by atoms with Gasteiger partial charge in [-0.1, -0.05) is 0 Å². The molecule has 1 aliphatic rings. The molecule has 114 valence electrons. The topological polar surface area (TPSA) is 78.4 Å². The third kappa shape index (κ3) is 2.81. The number of carbonyl (C=O) groups is 2. The van der Waals surface area contributed by atoms with Crippen molar-refractivity contribution < 1.29 is 9.59 Å². The Kier molecular flexibility index (Phi) is 4.11. The minimum atomic E-state index is -0.869. The summed E-state index contributed by atoms with van der Waals surface area (Å²) in [6.07, 6.45) is 2.97. The molecule has 0 radical (unpaired) electrons. The summed E-state index contributed by atoms with van der Waals surface area (Å²) in [5.74, 6) is 0.291. The van der Waals surface area contributed by atoms with Crippen LogP contribution in [0.5, 0.6) is 0 Å². The molecule has 21 heavy (non-hydrogen) atoms. The molecule has 0 unspecified atom stereocenters. The van der Waals surface area contributed by atoms with Crippen LogP contribution in [0, 0.1) is 0 Å². The second-order valence-electron chi connectivity index (χ2n) is 5.56. The smallest absolute Gasteiger partial charge is 0.274 e. The molecule has 1 N–H and O–H groups in total. The summed E-state index contributed by atoms with van der Waals surface area (Å²) in [5, 5.41) is 3.02. The van der Waals surface area contributed by atoms with Crippen LogP contribution >= 0.6 is 0 Å². The van der Waals surface area contributed by atoms with E-state index in [4.69, 9.17) is 0 Å². The molecule has 0 aliphatic carbocycles. The summed E-state index contributed by atoms with van der Waals surface area (Å²) in [5.41, 5.74) is -0.617. The van der Waals surface area contributed by atoms with Gasteiger partial charge in [0.05, 0.1) is 12.4 Å². The van der Waals surface area contributed by atoms with E-state index in [9.17, 15) is 9.59 Å². The first-order valence-electron chi connectivity index (χ1n) is 7.01. The molecule has 0 atom stereocenters. The minimum absolute atomic E-state index is 0.0701. The zero-order valence-corrected chi connectivity index (χ0v) is 12.9. The fraction of sp³-hybridized carbons (Fsp3) is 0.571. The Morgan fingerprint density at radius 3 is 2.62 bits per heavy atom. The number of likely N-dealkylation sites (N-methyl/N-ethyl adjacent to an activating group) is 1. The van der Waals surface area contributed by atoms with Gasteiger partial charge in [0.25, 0.3) is 5.91 Å². The number of anilines is 1. The van der Waals surface area contributed by atoms with E-state index < -0.39 is 5.54 Å². The van der Waals surface area contributed by atoms with Gasteiger partial charge in [0.2, 0.25) is 5.91 Å². The maximum atomic E-state index is 12.6. The largest absolute Gasteiger partial charge is 0.369 e. The van der Waals surface area contributed by atoms with E-state index in [1.54, 1.807) is 30.7 Å². The number of aromatic nitrogens is 2. The van der Waals surface area contributed by atoms with Gasteiger partial charge in [-0.15, -0.1) is 0 Å². The fourth-order valence-electron chi connectivity index (χ4n) is 2.42. The maximum absolute atomic E-state index is 12.6. The van der Waals surface area contributed by atoms with Crippen molar-refractivity contribution in [2.45, 2.75) is 26.3 Å². The van der Waals surface area contributed by atoms with Crippen LogP contribution in [0.1, 0.15) is 31.3 Å². The third-order valence-electron chi connectivity index (χ3n) is 3.68. The first-order valence-corrected chi connectivity index (χ1v) is 7.01. The van der Waals surface area contributed by atoms with Gasteiger partial charge < -0.3 is 15.1 Å². The molecule has 1 aliphatic heterocycles. The highest BCUT2D eigenvalue weighted by Crippen LogP contribution is 2.23. The molecule has 1 fully saturated rings. The number of nitrogens with one attached hydrogen (secondary N) is 1. The van der Waals surface area contributed by atoms with Crippen LogP contribution < -0.4 is 5.32 Å². The number of rotatable bonds is 3. The number of carbonyl (C=O) groups excluding carboxylic acids is 2. The van der Waals surface area contributed by atoms with Gasteiger partial charge in [-0.05, 0) is 20.8 Å². The Morgan fingerprint density at radius 1 is 1.33 bits per heavy atom. The lowest BCUT2D eigenvalue weighted by atomic mass is 9.97. The van der Waals surface area contributed by atoms with Gasteiger partial charge in [0.15, 0.2) is 0 Å². The van der Waals surface area contributed by atoms with Crippen LogP contribution in [0.2, 0.25) is 0 Å². The van der Waals surface area contributed by atoms with Gasteiger partial charge in [-0.3, -0.25) is 9.59 Å². The number of hydrogen-bond acceptors (Lipinski definition) is 5. The van der Waals surface area contributed by atoms with E-state index in [0.717, 1.165) is 6.54 Å². The van der Waals surface area contributed by atoms with Crippen molar-refractivity contribution in [1.82, 2.24) is 19.8 Å². The lowest BCUT2D eigenvalue weighted by molar-refractivity contribution is -0.144. The van der Waals surface area contributed by atoms with E-state index in [1.165, 1.54) is 12.4 Å². The summed E-state index contributed by atoms with van der Waals surface area (Å²) in [4.78, 5) is 36.3. The zero-order valence-electron chi connectivity index (χ0n) is 12.9. The van der Waals surface area contributed by atoms with Crippen molar-refractivity contribution in [3.8, 4) is 0 Å². The zero-order chi connectivity index (χ0) is 15.6. The van der Waals surface area contributed by atoms with Crippen LogP contribution in [-0.4, -0.2) is 63.8 Å². The Morgan fingerprint density at radius 2 is 2.05 bits per heavy atom. The quantitative estimate of drug-likeness (QED) is 0.882. The molecule has 2 rings (SSSR count). The number of nitrogens with zero attached hydrogens (tertiary/aromatic N) is 4. The summed E-state index contributed by atoms with van der Waals surface area (Å²) < 4.78 is 0. The maximum Gasteiger partial charge on any atom is 0.274 e. The van der Waals surface area contributed by atoms with Crippen molar-refractivity contribution in [3.05, 3.63) is 18.1 Å². The molecule has 0 aromatic carbocycles. The standard InChI is InChI=1S/C14H21N5O2/c1-5-15-11-9-16-10(8-17-11)12(20)19-7-6-18(4)13(21)14(19,2)3/h8-9H,5-7H2,1-4H3,(H,15,17). The Balaban J connectivity index is 2.21. The van der Waals surface area contributed by atoms with Crippen LogP contribution in [0.4, 0.5) is 5.82 Å². The summed E-state index contributed by atoms with van der Waals surface area (Å²) in [6, 6.07) is 0. The average molecular weight is 291 g/mol. The van der Waals surface area contributed by atoms with Gasteiger partial charge in [-0.2, -0.15) is 0 Å². The Bertz CT molecular complexity index is 541. The second kappa shape index (κ2) is 5.67. The predicted molar refractivity (Wildman–Crippen MR) is 78.9 cm³/mol. The van der Waals surface area contributed by atoms with Crippen molar-refractivity contribution in [3.63, 3.8) is 0 Å². The SMILES string of the molecule is CCNc1cnc(C(=O)N2CCN(C)C(=O)C2(C)C)cn1. The van der Waals surface area contributed by atoms with Crippen molar-refractivity contribution >= 4 is 17.6 Å². The number of hydrogen-bond donors (Lipinski definition) is 1. The van der Waals surface area contributed by atoms with Crippen molar-refractivity contribution in [1.29, 1.82) is 0 Å². The molecule has 0 bridgehead atoms. The first-order chi connectivity index (χ1) is 9.87. The van der Waals surface area contributed by atoms with E-state index in [2.05, 4.69) is 15.3 Å². The van der Waals surface area contributed by atoms with Gasteiger partial charge in [-0.25, -0.2) is 9.97 Å². The molecule has 2 heterocycles. The van der Waals surface area contributed by atoms with Crippen LogP contribution in [0.25, 0.3) is 0 Å². The molecule has 2 amide bonds. The molecular formula is C14H21N5O2. The fourth-order valence-corrected chi connectivity index (χ4v) is 2.42. The predicted octanol–water partition coefficient (Wildman–Crippen LogP) is 0.601. The van der Waals surface area contributed by atoms with Gasteiger partial charge >= 0.3 is 0 Å². The molecule has 1 aromatic rings. The van der Waals surface area contributed by atoms with E-state index in [0.29, 0.717) is 18.9 Å². The van der Waals surface area contributed by atoms with Crippen LogP contribution in [-0.2, 0) is 4.79 Å². The highest BCUT2D eigenvalue weighted by atomic mass is 16.2. The molecule has 1 saturated heterocycles. The molecule has 7 nitrogen and oxygen atoms in total. The number of amides is 2. The molecular weight excluding hydrogens is 270 g/mol. The van der Waals surface area contributed by atoms with Gasteiger partial charge in [0.1, 0.15) is 17.1 Å². The Labute approximate surface area is 124 Å². The molecule has 0 spiro atoms. The first kappa shape index (κ1) is 15.2. The highest BCUT2D eigenvalue weighted by Gasteiger charge is 2.43. The average Bonchev–Trinajstić information content (AvgIpc) is 2.45. The van der Waals surface area contributed by atoms with E-state index in [-0.39, 0.29) is 17.5 Å². The van der Waals surface area contributed by atoms with Crippen molar-refractivity contribution in [2.24, 2.45) is 0 Å². The molecule has 7 heteroatoms. The van der Waals surface area contributed by atoms with Crippen LogP contribution in [0.15, 0.2) is 12.4 Å².